The van der Waals surface area contributed by atoms with Gasteiger partial charge in [0.2, 0.25) is 5.91 Å². The molecule has 0 unspecified atom stereocenters. The number of hydrogen-bond donors (Lipinski definition) is 0. The number of amides is 2. The van der Waals surface area contributed by atoms with E-state index in [9.17, 15) is 9.59 Å². The van der Waals surface area contributed by atoms with Crippen molar-refractivity contribution < 1.29 is 18.7 Å². The van der Waals surface area contributed by atoms with Gasteiger partial charge in [-0.05, 0) is 52.2 Å². The number of nitrogens with zero attached hydrogens (tertiary/aromatic N) is 2. The van der Waals surface area contributed by atoms with Crippen LogP contribution in [0.3, 0.4) is 0 Å². The third-order valence-corrected chi connectivity index (χ3v) is 5.75. The number of hydrogen-bond acceptors (Lipinski definition) is 4. The fourth-order valence-corrected chi connectivity index (χ4v) is 4.28. The first-order valence-corrected chi connectivity index (χ1v) is 9.14. The van der Waals surface area contributed by atoms with Crippen LogP contribution in [-0.4, -0.2) is 46.5 Å². The van der Waals surface area contributed by atoms with Gasteiger partial charge in [0.15, 0.2) is 0 Å². The van der Waals surface area contributed by atoms with Crippen molar-refractivity contribution in [1.82, 2.24) is 9.80 Å². The molecule has 1 saturated carbocycles. The van der Waals surface area contributed by atoms with Crippen molar-refractivity contribution in [1.29, 1.82) is 0 Å². The van der Waals surface area contributed by atoms with Crippen molar-refractivity contribution in [2.24, 2.45) is 5.41 Å². The zero-order chi connectivity index (χ0) is 17.8. The van der Waals surface area contributed by atoms with Crippen LogP contribution < -0.4 is 0 Å². The molecule has 3 aliphatic rings. The Bertz CT molecular complexity index is 672. The zero-order valence-electron chi connectivity index (χ0n) is 15.2. The minimum Gasteiger partial charge on any atom is -0.467 e. The highest BCUT2D eigenvalue weighted by atomic mass is 16.6. The van der Waals surface area contributed by atoms with Crippen LogP contribution in [-0.2, 0) is 9.53 Å². The van der Waals surface area contributed by atoms with Crippen molar-refractivity contribution >= 4 is 12.0 Å². The van der Waals surface area contributed by atoms with Gasteiger partial charge in [-0.15, -0.1) is 0 Å². The molecule has 2 atom stereocenters. The summed E-state index contributed by atoms with van der Waals surface area (Å²) in [5, 5.41) is 0. The first kappa shape index (κ1) is 16.5. The predicted octanol–water partition coefficient (Wildman–Crippen LogP) is 3.34. The minimum absolute atomic E-state index is 0.0184. The van der Waals surface area contributed by atoms with Gasteiger partial charge < -0.3 is 14.1 Å². The fourth-order valence-electron chi connectivity index (χ4n) is 4.28. The molecular weight excluding hydrogens is 320 g/mol. The van der Waals surface area contributed by atoms with E-state index in [0.29, 0.717) is 13.0 Å². The van der Waals surface area contributed by atoms with E-state index < -0.39 is 17.7 Å². The summed E-state index contributed by atoms with van der Waals surface area (Å²) < 4.78 is 11.0. The number of furan rings is 1. The van der Waals surface area contributed by atoms with Gasteiger partial charge in [0.25, 0.3) is 0 Å². The Hall–Kier alpha value is -1.98. The molecule has 0 aromatic carbocycles. The second kappa shape index (κ2) is 5.51. The Morgan fingerprint density at radius 2 is 2.04 bits per heavy atom. The van der Waals surface area contributed by atoms with Crippen LogP contribution in [0.25, 0.3) is 0 Å². The highest BCUT2D eigenvalue weighted by Gasteiger charge is 2.60. The molecular formula is C19H26N2O4. The molecule has 0 N–H and O–H groups in total. The van der Waals surface area contributed by atoms with Crippen molar-refractivity contribution in [2.75, 3.05) is 13.1 Å². The van der Waals surface area contributed by atoms with Gasteiger partial charge in [-0.25, -0.2) is 4.79 Å². The minimum atomic E-state index is -0.552. The van der Waals surface area contributed by atoms with E-state index in [-0.39, 0.29) is 17.4 Å². The van der Waals surface area contributed by atoms with Crippen LogP contribution in [0.4, 0.5) is 4.79 Å². The lowest BCUT2D eigenvalue weighted by Crippen LogP contribution is -2.68. The maximum Gasteiger partial charge on any atom is 0.410 e. The van der Waals surface area contributed by atoms with Crippen LogP contribution in [0, 0.1) is 5.41 Å². The summed E-state index contributed by atoms with van der Waals surface area (Å²) in [6.07, 6.45) is 5.47. The van der Waals surface area contributed by atoms with Gasteiger partial charge in [-0.3, -0.25) is 9.69 Å². The van der Waals surface area contributed by atoms with Crippen molar-refractivity contribution in [3.8, 4) is 0 Å². The fraction of sp³-hybridized carbons (Fsp3) is 0.684. The van der Waals surface area contributed by atoms with Crippen LogP contribution in [0.15, 0.2) is 22.8 Å². The Kier molecular flexibility index (Phi) is 3.63. The van der Waals surface area contributed by atoms with E-state index in [1.807, 2.05) is 37.8 Å². The average molecular weight is 346 g/mol. The molecule has 3 fully saturated rings. The van der Waals surface area contributed by atoms with Crippen LogP contribution >= 0.6 is 0 Å². The van der Waals surface area contributed by atoms with Gasteiger partial charge in [0.1, 0.15) is 17.4 Å². The topological polar surface area (TPSA) is 63.0 Å². The second-order valence-electron chi connectivity index (χ2n) is 8.58. The zero-order valence-corrected chi connectivity index (χ0v) is 15.2. The van der Waals surface area contributed by atoms with Gasteiger partial charge in [-0.2, -0.15) is 0 Å². The Balaban J connectivity index is 1.47. The summed E-state index contributed by atoms with van der Waals surface area (Å²) in [7, 11) is 0. The monoisotopic (exact) mass is 346 g/mol. The van der Waals surface area contributed by atoms with E-state index in [1.165, 1.54) is 6.42 Å². The molecule has 1 aliphatic carbocycles. The molecule has 4 rings (SSSR count). The molecule has 1 spiro atoms. The SMILES string of the molecule is CC(C)(C)OC(=O)N1CC[C@@H]1C(=O)N1CC2(CCC2)[C@H]1c1ccco1. The number of carbonyl (C=O) groups is 2. The lowest BCUT2D eigenvalue weighted by Gasteiger charge is -2.62. The van der Waals surface area contributed by atoms with Gasteiger partial charge in [0.05, 0.1) is 12.3 Å². The average Bonchev–Trinajstić information content (AvgIpc) is 2.85. The molecule has 2 saturated heterocycles. The van der Waals surface area contributed by atoms with Crippen LogP contribution in [0.2, 0.25) is 0 Å². The molecule has 0 radical (unpaired) electrons. The summed E-state index contributed by atoms with van der Waals surface area (Å²) in [6.45, 7) is 6.87. The predicted molar refractivity (Wildman–Crippen MR) is 90.8 cm³/mol. The lowest BCUT2D eigenvalue weighted by atomic mass is 9.57. The molecule has 136 valence electrons. The summed E-state index contributed by atoms with van der Waals surface area (Å²) in [4.78, 5) is 28.8. The van der Waals surface area contributed by atoms with Gasteiger partial charge in [0, 0.05) is 18.5 Å². The molecule has 1 aromatic heterocycles. The summed E-state index contributed by atoms with van der Waals surface area (Å²) >= 11 is 0. The van der Waals surface area contributed by atoms with Crippen molar-refractivity contribution in [3.05, 3.63) is 24.2 Å². The smallest absolute Gasteiger partial charge is 0.410 e. The van der Waals surface area contributed by atoms with Crippen LogP contribution in [0.1, 0.15) is 58.3 Å². The van der Waals surface area contributed by atoms with E-state index in [1.54, 1.807) is 11.2 Å². The quantitative estimate of drug-likeness (QED) is 0.824. The Labute approximate surface area is 148 Å². The number of carbonyl (C=O) groups excluding carboxylic acids is 2. The Morgan fingerprint density at radius 1 is 1.28 bits per heavy atom. The molecule has 2 amide bonds. The summed E-state index contributed by atoms with van der Waals surface area (Å²) in [5.74, 6) is 0.887. The molecule has 2 aliphatic heterocycles. The number of rotatable bonds is 2. The number of ether oxygens (including phenoxy) is 1. The standard InChI is InChI=1S/C19H26N2O4/c1-18(2,3)25-17(23)20-10-7-13(20)16(22)21-12-19(8-5-9-19)15(21)14-6-4-11-24-14/h4,6,11,13,15H,5,7-10,12H2,1-3H3/t13-,15-/m1/s1. The van der Waals surface area contributed by atoms with Crippen molar-refractivity contribution in [2.45, 2.75) is 64.1 Å². The normalized spacial score (nSPS) is 27.3. The van der Waals surface area contributed by atoms with Crippen LogP contribution in [0.5, 0.6) is 0 Å². The lowest BCUT2D eigenvalue weighted by molar-refractivity contribution is -0.180. The van der Waals surface area contributed by atoms with Crippen molar-refractivity contribution in [3.63, 3.8) is 0 Å². The van der Waals surface area contributed by atoms with E-state index in [0.717, 1.165) is 25.1 Å². The molecule has 25 heavy (non-hydrogen) atoms. The maximum absolute atomic E-state index is 13.1. The first-order chi connectivity index (χ1) is 11.8. The Morgan fingerprint density at radius 3 is 2.52 bits per heavy atom. The first-order valence-electron chi connectivity index (χ1n) is 9.14. The van der Waals surface area contributed by atoms with E-state index >= 15 is 0 Å². The largest absolute Gasteiger partial charge is 0.467 e. The van der Waals surface area contributed by atoms with Gasteiger partial charge >= 0.3 is 6.09 Å². The molecule has 1 aromatic rings. The highest BCUT2D eigenvalue weighted by Crippen LogP contribution is 2.60. The van der Waals surface area contributed by atoms with Gasteiger partial charge in [-0.1, -0.05) is 6.42 Å². The maximum atomic E-state index is 13.1. The molecule has 3 heterocycles. The molecule has 6 nitrogen and oxygen atoms in total. The second-order valence-corrected chi connectivity index (χ2v) is 8.58. The summed E-state index contributed by atoms with van der Waals surface area (Å²) in [6, 6.07) is 3.45. The third-order valence-electron chi connectivity index (χ3n) is 5.75. The third kappa shape index (κ3) is 2.62. The molecule has 0 bridgehead atoms. The molecule has 6 heteroatoms. The highest BCUT2D eigenvalue weighted by molar-refractivity contribution is 5.88. The van der Waals surface area contributed by atoms with E-state index in [2.05, 4.69) is 0 Å². The number of likely N-dealkylation sites (tertiary alicyclic amines) is 2. The summed E-state index contributed by atoms with van der Waals surface area (Å²) in [5.41, 5.74) is -0.363. The van der Waals surface area contributed by atoms with E-state index in [4.69, 9.17) is 9.15 Å².